The van der Waals surface area contributed by atoms with Crippen molar-refractivity contribution in [2.45, 2.75) is 25.8 Å². The Morgan fingerprint density at radius 2 is 2.11 bits per heavy atom. The first-order valence-corrected chi connectivity index (χ1v) is 6.23. The van der Waals surface area contributed by atoms with Crippen molar-refractivity contribution < 1.29 is 9.59 Å². The first-order valence-electron chi connectivity index (χ1n) is 5.70. The van der Waals surface area contributed by atoms with Gasteiger partial charge in [0.2, 0.25) is 0 Å². The van der Waals surface area contributed by atoms with Gasteiger partial charge in [0, 0.05) is 11.3 Å². The molecule has 0 aliphatic rings. The van der Waals surface area contributed by atoms with Gasteiger partial charge in [-0.3, -0.25) is 9.59 Å². The molecular weight excluding hydrogens is 252 g/mol. The molecule has 4 nitrogen and oxygen atoms in total. The fourth-order valence-corrected chi connectivity index (χ4v) is 1.80. The largest absolute Gasteiger partial charge is 0.399 e. The molecule has 0 fully saturated rings. The van der Waals surface area contributed by atoms with Crippen LogP contribution in [0.25, 0.3) is 0 Å². The average Bonchev–Trinajstić information content (AvgIpc) is 2.37. The van der Waals surface area contributed by atoms with E-state index >= 15 is 0 Å². The predicted molar refractivity (Wildman–Crippen MR) is 72.7 cm³/mol. The number of nitrogen functional groups attached to an aromatic ring is 1. The third-order valence-corrected chi connectivity index (χ3v) is 3.22. The second-order valence-corrected chi connectivity index (χ2v) is 4.59. The van der Waals surface area contributed by atoms with Gasteiger partial charge in [0.05, 0.1) is 11.4 Å². The Balaban J connectivity index is 2.89. The van der Waals surface area contributed by atoms with E-state index in [2.05, 4.69) is 5.32 Å². The number of ketones is 1. The molecule has 0 saturated carbocycles. The molecule has 0 aliphatic carbocycles. The van der Waals surface area contributed by atoms with E-state index in [0.717, 1.165) is 0 Å². The molecule has 1 aromatic rings. The van der Waals surface area contributed by atoms with Gasteiger partial charge in [0.1, 0.15) is 0 Å². The maximum Gasteiger partial charge on any atom is 0.252 e. The average molecular weight is 269 g/mol. The fraction of sp³-hybridized carbons (Fsp3) is 0.385. The molecule has 1 aromatic carbocycles. The molecule has 0 bridgehead atoms. The predicted octanol–water partition coefficient (Wildman–Crippen LogP) is 1.98. The van der Waals surface area contributed by atoms with Crippen LogP contribution in [0.5, 0.6) is 0 Å². The molecule has 0 heterocycles. The molecule has 3 N–H and O–H groups in total. The summed E-state index contributed by atoms with van der Waals surface area (Å²) >= 11 is 5.55. The van der Waals surface area contributed by atoms with Crippen LogP contribution in [-0.4, -0.2) is 23.1 Å². The number of halogens is 1. The first kappa shape index (κ1) is 14.5. The van der Waals surface area contributed by atoms with Gasteiger partial charge < -0.3 is 11.1 Å². The smallest absolute Gasteiger partial charge is 0.252 e. The Hall–Kier alpha value is -1.55. The third kappa shape index (κ3) is 3.23. The summed E-state index contributed by atoms with van der Waals surface area (Å²) in [6, 6.07) is 6.60. The zero-order valence-electron chi connectivity index (χ0n) is 10.5. The van der Waals surface area contributed by atoms with E-state index in [4.69, 9.17) is 17.3 Å². The van der Waals surface area contributed by atoms with E-state index in [-0.39, 0.29) is 17.6 Å². The highest BCUT2D eigenvalue weighted by Gasteiger charge is 2.32. The Labute approximate surface area is 112 Å². The lowest BCUT2D eigenvalue weighted by Gasteiger charge is -2.27. The van der Waals surface area contributed by atoms with Gasteiger partial charge in [0.15, 0.2) is 5.78 Å². The third-order valence-electron chi connectivity index (χ3n) is 2.98. The maximum absolute atomic E-state index is 12.0. The van der Waals surface area contributed by atoms with Gasteiger partial charge in [-0.1, -0.05) is 13.0 Å². The number of anilines is 1. The van der Waals surface area contributed by atoms with Crippen molar-refractivity contribution in [3.05, 3.63) is 29.8 Å². The molecule has 0 saturated heterocycles. The normalized spacial score (nSPS) is 13.7. The number of hydrogen-bond acceptors (Lipinski definition) is 3. The van der Waals surface area contributed by atoms with Gasteiger partial charge >= 0.3 is 0 Å². The standard InChI is InChI=1S/C13H17ClN2O2/c1-3-13(2,11(17)8-14)16-12(18)9-5-4-6-10(15)7-9/h4-7H,3,8,15H2,1-2H3,(H,16,18). The molecule has 0 aliphatic heterocycles. The second-order valence-electron chi connectivity index (χ2n) is 4.32. The van der Waals surface area contributed by atoms with E-state index in [1.165, 1.54) is 0 Å². The highest BCUT2D eigenvalue weighted by molar-refractivity contribution is 6.29. The zero-order chi connectivity index (χ0) is 13.8. The molecule has 1 amide bonds. The van der Waals surface area contributed by atoms with E-state index < -0.39 is 5.54 Å². The van der Waals surface area contributed by atoms with Crippen LogP contribution in [0, 0.1) is 0 Å². The summed E-state index contributed by atoms with van der Waals surface area (Å²) in [6.45, 7) is 3.49. The highest BCUT2D eigenvalue weighted by atomic mass is 35.5. The number of nitrogens with one attached hydrogen (secondary N) is 1. The first-order chi connectivity index (χ1) is 8.42. The van der Waals surface area contributed by atoms with Crippen molar-refractivity contribution >= 4 is 29.0 Å². The van der Waals surface area contributed by atoms with Crippen molar-refractivity contribution in [3.63, 3.8) is 0 Å². The summed E-state index contributed by atoms with van der Waals surface area (Å²) in [6.07, 6.45) is 0.479. The monoisotopic (exact) mass is 268 g/mol. The lowest BCUT2D eigenvalue weighted by atomic mass is 9.93. The van der Waals surface area contributed by atoms with Crippen molar-refractivity contribution in [2.75, 3.05) is 11.6 Å². The van der Waals surface area contributed by atoms with Gasteiger partial charge in [0.25, 0.3) is 5.91 Å². The Bertz CT molecular complexity index is 462. The molecule has 18 heavy (non-hydrogen) atoms. The van der Waals surface area contributed by atoms with Crippen molar-refractivity contribution in [1.82, 2.24) is 5.32 Å². The van der Waals surface area contributed by atoms with Gasteiger partial charge in [-0.2, -0.15) is 0 Å². The Morgan fingerprint density at radius 3 is 2.61 bits per heavy atom. The highest BCUT2D eigenvalue weighted by Crippen LogP contribution is 2.14. The van der Waals surface area contributed by atoms with Gasteiger partial charge in [-0.25, -0.2) is 0 Å². The molecular formula is C13H17ClN2O2. The minimum Gasteiger partial charge on any atom is -0.399 e. The number of carbonyl (C=O) groups is 2. The molecule has 0 aromatic heterocycles. The van der Waals surface area contributed by atoms with Crippen LogP contribution in [0.2, 0.25) is 0 Å². The van der Waals surface area contributed by atoms with E-state index in [1.54, 1.807) is 31.2 Å². The maximum atomic E-state index is 12.0. The number of nitrogens with two attached hydrogens (primary N) is 1. The lowest BCUT2D eigenvalue weighted by Crippen LogP contribution is -2.52. The molecule has 98 valence electrons. The SMILES string of the molecule is CCC(C)(NC(=O)c1cccc(N)c1)C(=O)CCl. The molecule has 0 spiro atoms. The molecule has 5 heteroatoms. The molecule has 1 atom stereocenters. The summed E-state index contributed by atoms with van der Waals surface area (Å²) in [7, 11) is 0. The summed E-state index contributed by atoms with van der Waals surface area (Å²) in [5.41, 5.74) is 5.60. The van der Waals surface area contributed by atoms with E-state index in [1.807, 2.05) is 6.92 Å². The Morgan fingerprint density at radius 1 is 1.44 bits per heavy atom. The molecule has 1 unspecified atom stereocenters. The number of amides is 1. The number of alkyl halides is 1. The van der Waals surface area contributed by atoms with Crippen LogP contribution in [0.1, 0.15) is 30.6 Å². The summed E-state index contributed by atoms with van der Waals surface area (Å²) in [5, 5.41) is 2.71. The number of rotatable bonds is 5. The number of hydrogen-bond donors (Lipinski definition) is 2. The second kappa shape index (κ2) is 5.87. The number of carbonyl (C=O) groups excluding carboxylic acids is 2. The van der Waals surface area contributed by atoms with Crippen LogP contribution in [0.3, 0.4) is 0 Å². The fourth-order valence-electron chi connectivity index (χ4n) is 1.51. The van der Waals surface area contributed by atoms with Gasteiger partial charge in [-0.05, 0) is 31.5 Å². The van der Waals surface area contributed by atoms with E-state index in [9.17, 15) is 9.59 Å². The summed E-state index contributed by atoms with van der Waals surface area (Å²) in [4.78, 5) is 23.8. The minimum absolute atomic E-state index is 0.123. The summed E-state index contributed by atoms with van der Waals surface area (Å²) in [5.74, 6) is -0.657. The van der Waals surface area contributed by atoms with Crippen molar-refractivity contribution in [2.24, 2.45) is 0 Å². The van der Waals surface area contributed by atoms with Gasteiger partial charge in [-0.15, -0.1) is 11.6 Å². The lowest BCUT2D eigenvalue weighted by molar-refractivity contribution is -0.122. The quantitative estimate of drug-likeness (QED) is 0.633. The van der Waals surface area contributed by atoms with Crippen molar-refractivity contribution in [3.8, 4) is 0 Å². The van der Waals surface area contributed by atoms with Crippen LogP contribution in [0.4, 0.5) is 5.69 Å². The zero-order valence-corrected chi connectivity index (χ0v) is 11.3. The van der Waals surface area contributed by atoms with Crippen LogP contribution >= 0.6 is 11.6 Å². The topological polar surface area (TPSA) is 72.2 Å². The van der Waals surface area contributed by atoms with Crippen LogP contribution < -0.4 is 11.1 Å². The van der Waals surface area contributed by atoms with Crippen LogP contribution in [-0.2, 0) is 4.79 Å². The minimum atomic E-state index is -0.941. The molecule has 1 rings (SSSR count). The molecule has 0 radical (unpaired) electrons. The number of Topliss-reactive ketones (excluding diaryl/α,β-unsaturated/α-hetero) is 1. The Kier molecular flexibility index (Phi) is 4.73. The number of benzene rings is 1. The summed E-state index contributed by atoms with van der Waals surface area (Å²) < 4.78 is 0. The van der Waals surface area contributed by atoms with E-state index in [0.29, 0.717) is 17.7 Å². The van der Waals surface area contributed by atoms with Crippen LogP contribution in [0.15, 0.2) is 24.3 Å². The van der Waals surface area contributed by atoms with Crippen molar-refractivity contribution in [1.29, 1.82) is 0 Å².